The molecule has 5 aromatic rings. The second-order valence-corrected chi connectivity index (χ2v) is 11.8. The van der Waals surface area contributed by atoms with Gasteiger partial charge in [-0.1, -0.05) is 36.4 Å². The van der Waals surface area contributed by atoms with Crippen LogP contribution in [0.15, 0.2) is 77.9 Å². The number of aromatic amines is 1. The molecule has 0 bridgehead atoms. The van der Waals surface area contributed by atoms with Gasteiger partial charge >= 0.3 is 6.09 Å². The number of nitrogens with two attached hydrogens (primary N) is 1. The summed E-state index contributed by atoms with van der Waals surface area (Å²) in [5.41, 5.74) is 12.1. The number of ether oxygens (including phenoxy) is 1. The molecule has 218 valence electrons. The van der Waals surface area contributed by atoms with E-state index in [1.807, 2.05) is 82.3 Å². The molecule has 0 radical (unpaired) electrons. The van der Waals surface area contributed by atoms with Gasteiger partial charge in [0.2, 0.25) is 0 Å². The van der Waals surface area contributed by atoms with E-state index >= 15 is 0 Å². The molecular weight excluding hydrogens is 542 g/mol. The van der Waals surface area contributed by atoms with Crippen molar-refractivity contribution in [1.82, 2.24) is 19.4 Å². The van der Waals surface area contributed by atoms with E-state index in [2.05, 4.69) is 9.97 Å². The van der Waals surface area contributed by atoms with Crippen LogP contribution in [0.25, 0.3) is 44.2 Å². The summed E-state index contributed by atoms with van der Waals surface area (Å²) in [6.45, 7) is 8.46. The number of hydrogen-bond acceptors (Lipinski definition) is 5. The summed E-state index contributed by atoms with van der Waals surface area (Å²) < 4.78 is 7.10. The Morgan fingerprint density at radius 1 is 1.00 bits per heavy atom. The van der Waals surface area contributed by atoms with Crippen LogP contribution in [0.4, 0.5) is 4.79 Å². The van der Waals surface area contributed by atoms with Crippen molar-refractivity contribution in [2.75, 3.05) is 13.1 Å². The van der Waals surface area contributed by atoms with E-state index in [0.29, 0.717) is 41.5 Å². The first-order valence-corrected chi connectivity index (χ1v) is 14.2. The molecule has 0 spiro atoms. The van der Waals surface area contributed by atoms with Crippen LogP contribution < -0.4 is 11.3 Å². The zero-order valence-corrected chi connectivity index (χ0v) is 24.6. The smallest absolute Gasteiger partial charge is 0.410 e. The van der Waals surface area contributed by atoms with Gasteiger partial charge in [0, 0.05) is 24.2 Å². The van der Waals surface area contributed by atoms with Gasteiger partial charge in [-0.25, -0.2) is 9.78 Å². The fourth-order valence-electron chi connectivity index (χ4n) is 5.66. The summed E-state index contributed by atoms with van der Waals surface area (Å²) in [6, 6.07) is 18.8. The van der Waals surface area contributed by atoms with E-state index < -0.39 is 11.5 Å². The number of amides is 2. The van der Waals surface area contributed by atoms with Crippen LogP contribution in [0.1, 0.15) is 48.8 Å². The van der Waals surface area contributed by atoms with E-state index in [4.69, 9.17) is 10.5 Å². The number of nitrogens with one attached hydrogen (secondary N) is 1. The highest BCUT2D eigenvalue weighted by Gasteiger charge is 2.25. The Balaban J connectivity index is 1.42. The van der Waals surface area contributed by atoms with Crippen LogP contribution in [0.3, 0.4) is 0 Å². The Morgan fingerprint density at radius 2 is 1.79 bits per heavy atom. The van der Waals surface area contributed by atoms with Gasteiger partial charge < -0.3 is 20.4 Å². The third-order valence-electron chi connectivity index (χ3n) is 7.79. The summed E-state index contributed by atoms with van der Waals surface area (Å²) in [4.78, 5) is 48.0. The van der Waals surface area contributed by atoms with E-state index in [9.17, 15) is 14.4 Å². The van der Waals surface area contributed by atoms with Gasteiger partial charge in [-0.2, -0.15) is 0 Å². The lowest BCUT2D eigenvalue weighted by molar-refractivity contribution is 0.0270. The number of H-pyrrole nitrogens is 1. The van der Waals surface area contributed by atoms with Crippen molar-refractivity contribution in [2.24, 2.45) is 5.73 Å². The van der Waals surface area contributed by atoms with Gasteiger partial charge in [0.25, 0.3) is 11.5 Å². The molecule has 0 saturated carbocycles. The van der Waals surface area contributed by atoms with Crippen molar-refractivity contribution in [3.05, 3.63) is 100 Å². The minimum absolute atomic E-state index is 0.145. The molecule has 2 amide bonds. The van der Waals surface area contributed by atoms with Gasteiger partial charge in [0.1, 0.15) is 11.9 Å². The number of para-hydroxylation sites is 1. The Labute approximate surface area is 248 Å². The van der Waals surface area contributed by atoms with Crippen LogP contribution in [0.2, 0.25) is 0 Å². The third-order valence-corrected chi connectivity index (χ3v) is 7.79. The number of nitrogens with zero attached hydrogens (tertiary/aromatic N) is 3. The van der Waals surface area contributed by atoms with Gasteiger partial charge in [0.05, 0.1) is 27.7 Å². The maximum Gasteiger partial charge on any atom is 0.410 e. The molecule has 0 unspecified atom stereocenters. The summed E-state index contributed by atoms with van der Waals surface area (Å²) in [6.07, 6.45) is 3.85. The lowest BCUT2D eigenvalue weighted by atomic mass is 9.94. The highest BCUT2D eigenvalue weighted by atomic mass is 16.6. The maximum absolute atomic E-state index is 13.4. The number of carbonyl (C=O) groups is 2. The van der Waals surface area contributed by atoms with Crippen molar-refractivity contribution in [2.45, 2.75) is 39.7 Å². The monoisotopic (exact) mass is 575 g/mol. The zero-order chi connectivity index (χ0) is 30.5. The SMILES string of the molecule is Cc1c(-c2ccc(C(N)=O)c3[nH]c(C4=CCN(C(=O)OC(C)(C)C)CC4)cc23)cccc1-n1cnc2ccccc2c1=O. The van der Waals surface area contributed by atoms with Crippen LogP contribution in [0, 0.1) is 6.92 Å². The Kier molecular flexibility index (Phi) is 6.88. The van der Waals surface area contributed by atoms with Crippen molar-refractivity contribution >= 4 is 39.4 Å². The molecule has 3 N–H and O–H groups in total. The molecule has 43 heavy (non-hydrogen) atoms. The Morgan fingerprint density at radius 3 is 2.51 bits per heavy atom. The fourth-order valence-corrected chi connectivity index (χ4v) is 5.66. The predicted octanol–water partition coefficient (Wildman–Crippen LogP) is 5.97. The van der Waals surface area contributed by atoms with Crippen LogP contribution in [-0.2, 0) is 4.74 Å². The van der Waals surface area contributed by atoms with Crippen molar-refractivity contribution in [3.8, 4) is 16.8 Å². The minimum atomic E-state index is -0.562. The summed E-state index contributed by atoms with van der Waals surface area (Å²) in [5, 5.41) is 1.38. The van der Waals surface area contributed by atoms with Crippen LogP contribution in [0.5, 0.6) is 0 Å². The van der Waals surface area contributed by atoms with Crippen molar-refractivity contribution in [3.63, 3.8) is 0 Å². The third kappa shape index (κ3) is 5.18. The number of hydrogen-bond donors (Lipinski definition) is 2. The lowest BCUT2D eigenvalue weighted by Crippen LogP contribution is -2.39. The molecule has 0 atom stereocenters. The van der Waals surface area contributed by atoms with Gasteiger partial charge in [-0.3, -0.25) is 14.2 Å². The van der Waals surface area contributed by atoms with Gasteiger partial charge in [-0.05, 0) is 86.7 Å². The number of rotatable bonds is 4. The van der Waals surface area contributed by atoms with Crippen molar-refractivity contribution < 1.29 is 14.3 Å². The number of fused-ring (bicyclic) bond motifs is 2. The highest BCUT2D eigenvalue weighted by Crippen LogP contribution is 2.37. The standard InChI is InChI=1S/C34H33N5O4/c1-20-22(9-7-11-29(20)39-19-36-27-10-6-5-8-24(27)32(39)41)23-12-13-25(31(35)40)30-26(23)18-28(37-30)21-14-16-38(17-15-21)33(42)43-34(2,3)4/h5-14,18-19,37H,15-17H2,1-4H3,(H2,35,40). The zero-order valence-electron chi connectivity index (χ0n) is 24.6. The fraction of sp³-hybridized carbons (Fsp3) is 0.235. The molecular formula is C34H33N5O4. The lowest BCUT2D eigenvalue weighted by Gasteiger charge is -2.29. The topological polar surface area (TPSA) is 123 Å². The van der Waals surface area contributed by atoms with Crippen LogP contribution >= 0.6 is 0 Å². The minimum Gasteiger partial charge on any atom is -0.444 e. The molecule has 1 aliphatic rings. The molecule has 9 heteroatoms. The first-order chi connectivity index (χ1) is 20.5. The first-order valence-electron chi connectivity index (χ1n) is 14.2. The van der Waals surface area contributed by atoms with Crippen LogP contribution in [-0.4, -0.2) is 50.1 Å². The number of carbonyl (C=O) groups excluding carboxylic acids is 2. The molecule has 6 rings (SSSR count). The maximum atomic E-state index is 13.4. The van der Waals surface area contributed by atoms with E-state index in [1.165, 1.54) is 0 Å². The summed E-state index contributed by atoms with van der Waals surface area (Å²) in [5.74, 6) is -0.530. The summed E-state index contributed by atoms with van der Waals surface area (Å²) >= 11 is 0. The van der Waals surface area contributed by atoms with Gasteiger partial charge in [-0.15, -0.1) is 0 Å². The largest absolute Gasteiger partial charge is 0.444 e. The Bertz CT molecular complexity index is 2010. The molecule has 9 nitrogen and oxygen atoms in total. The molecule has 3 aromatic carbocycles. The second kappa shape index (κ2) is 10.6. The average Bonchev–Trinajstić information content (AvgIpc) is 3.42. The quantitative estimate of drug-likeness (QED) is 0.274. The number of aromatic nitrogens is 3. The molecule has 0 saturated heterocycles. The van der Waals surface area contributed by atoms with Crippen molar-refractivity contribution in [1.29, 1.82) is 0 Å². The second-order valence-electron chi connectivity index (χ2n) is 11.8. The Hall–Kier alpha value is -5.18. The molecule has 0 fully saturated rings. The van der Waals surface area contributed by atoms with Gasteiger partial charge in [0.15, 0.2) is 0 Å². The normalized spacial score (nSPS) is 13.8. The number of benzene rings is 3. The molecule has 0 aliphatic carbocycles. The van der Waals surface area contributed by atoms with E-state index in [-0.39, 0.29) is 11.7 Å². The average molecular weight is 576 g/mol. The molecule has 1 aliphatic heterocycles. The first kappa shape index (κ1) is 28.0. The molecule has 2 aromatic heterocycles. The predicted molar refractivity (Wildman–Crippen MR) is 168 cm³/mol. The van der Waals surface area contributed by atoms with E-state index in [1.54, 1.807) is 27.9 Å². The molecule has 3 heterocycles. The summed E-state index contributed by atoms with van der Waals surface area (Å²) in [7, 11) is 0. The van der Waals surface area contributed by atoms with E-state index in [0.717, 1.165) is 39.0 Å². The highest BCUT2D eigenvalue weighted by molar-refractivity contribution is 6.10. The number of primary amides is 1.